The normalized spacial score (nSPS) is 15.2. The zero-order valence-corrected chi connectivity index (χ0v) is 15.5. The van der Waals surface area contributed by atoms with E-state index in [-0.39, 0.29) is 5.82 Å². The van der Waals surface area contributed by atoms with Crippen molar-refractivity contribution in [1.82, 2.24) is 15.1 Å². The van der Waals surface area contributed by atoms with Crippen molar-refractivity contribution in [1.29, 1.82) is 0 Å². The van der Waals surface area contributed by atoms with Crippen molar-refractivity contribution in [3.05, 3.63) is 70.5 Å². The summed E-state index contributed by atoms with van der Waals surface area (Å²) in [6.45, 7) is 4.57. The van der Waals surface area contributed by atoms with Crippen molar-refractivity contribution in [2.75, 3.05) is 26.2 Å². The van der Waals surface area contributed by atoms with Gasteiger partial charge in [0.2, 0.25) is 0 Å². The standard InChI is InChI=1S/C19H21ClFN3S/c20-17-7-4-8-18(21)16(17)14-23-9-11-24(12-10-23)19(25)22-13-15-5-2-1-3-6-15/h1-8H,9-14H2,(H,22,25). The fourth-order valence-corrected chi connectivity index (χ4v) is 3.38. The summed E-state index contributed by atoms with van der Waals surface area (Å²) in [4.78, 5) is 4.37. The summed E-state index contributed by atoms with van der Waals surface area (Å²) >= 11 is 11.6. The fraction of sp³-hybridized carbons (Fsp3) is 0.316. The first-order valence-corrected chi connectivity index (χ1v) is 9.14. The van der Waals surface area contributed by atoms with Gasteiger partial charge in [-0.1, -0.05) is 48.0 Å². The lowest BCUT2D eigenvalue weighted by Gasteiger charge is -2.36. The predicted octanol–water partition coefficient (Wildman–Crippen LogP) is 3.67. The van der Waals surface area contributed by atoms with Crippen LogP contribution in [0.3, 0.4) is 0 Å². The third-order valence-corrected chi connectivity index (χ3v) is 5.15. The van der Waals surface area contributed by atoms with Crippen LogP contribution in [0.4, 0.5) is 4.39 Å². The lowest BCUT2D eigenvalue weighted by molar-refractivity contribution is 0.173. The molecule has 2 aromatic rings. The van der Waals surface area contributed by atoms with Gasteiger partial charge >= 0.3 is 0 Å². The largest absolute Gasteiger partial charge is 0.358 e. The SMILES string of the molecule is Fc1cccc(Cl)c1CN1CCN(C(=S)NCc2ccccc2)CC1. The number of hydrogen-bond donors (Lipinski definition) is 1. The van der Waals surface area contributed by atoms with Crippen LogP contribution in [-0.2, 0) is 13.1 Å². The van der Waals surface area contributed by atoms with E-state index in [1.165, 1.54) is 11.6 Å². The molecule has 0 unspecified atom stereocenters. The summed E-state index contributed by atoms with van der Waals surface area (Å²) in [5.74, 6) is -0.241. The Hall–Kier alpha value is -1.69. The summed E-state index contributed by atoms with van der Waals surface area (Å²) < 4.78 is 13.9. The van der Waals surface area contributed by atoms with Gasteiger partial charge in [-0.3, -0.25) is 4.90 Å². The Balaban J connectivity index is 1.47. The molecule has 1 saturated heterocycles. The first-order chi connectivity index (χ1) is 12.1. The number of rotatable bonds is 4. The van der Waals surface area contributed by atoms with Crippen LogP contribution in [0.15, 0.2) is 48.5 Å². The van der Waals surface area contributed by atoms with Gasteiger partial charge in [-0.2, -0.15) is 0 Å². The Morgan fingerprint density at radius 1 is 1.04 bits per heavy atom. The molecule has 6 heteroatoms. The molecule has 132 valence electrons. The average molecular weight is 378 g/mol. The van der Waals surface area contributed by atoms with Crippen molar-refractivity contribution in [2.45, 2.75) is 13.1 Å². The van der Waals surface area contributed by atoms with Crippen LogP contribution in [-0.4, -0.2) is 41.1 Å². The molecule has 3 nitrogen and oxygen atoms in total. The Labute approximate surface area is 158 Å². The van der Waals surface area contributed by atoms with Crippen molar-refractivity contribution < 1.29 is 4.39 Å². The van der Waals surface area contributed by atoms with E-state index in [0.717, 1.165) is 37.8 Å². The Morgan fingerprint density at radius 2 is 1.76 bits per heavy atom. The molecule has 0 atom stereocenters. The maximum atomic E-state index is 13.9. The van der Waals surface area contributed by atoms with Gasteiger partial charge in [0.15, 0.2) is 5.11 Å². The second-order valence-electron chi connectivity index (χ2n) is 6.11. The summed E-state index contributed by atoms with van der Waals surface area (Å²) in [6.07, 6.45) is 0. The van der Waals surface area contributed by atoms with E-state index in [1.54, 1.807) is 12.1 Å². The lowest BCUT2D eigenvalue weighted by Crippen LogP contribution is -2.51. The minimum atomic E-state index is -0.241. The number of nitrogens with one attached hydrogen (secondary N) is 1. The molecule has 25 heavy (non-hydrogen) atoms. The third kappa shape index (κ3) is 4.91. The highest BCUT2D eigenvalue weighted by atomic mass is 35.5. The Bertz CT molecular complexity index is 698. The van der Waals surface area contributed by atoms with E-state index >= 15 is 0 Å². The number of halogens is 2. The summed E-state index contributed by atoms with van der Waals surface area (Å²) in [5, 5.41) is 4.57. The van der Waals surface area contributed by atoms with Crippen molar-refractivity contribution in [3.63, 3.8) is 0 Å². The highest BCUT2D eigenvalue weighted by Gasteiger charge is 2.20. The summed E-state index contributed by atoms with van der Waals surface area (Å²) in [6, 6.07) is 15.0. The van der Waals surface area contributed by atoms with Gasteiger partial charge in [-0.05, 0) is 29.9 Å². The molecular weight excluding hydrogens is 357 g/mol. The van der Waals surface area contributed by atoms with Gasteiger partial charge in [0.25, 0.3) is 0 Å². The van der Waals surface area contributed by atoms with E-state index in [1.807, 2.05) is 18.2 Å². The number of hydrogen-bond acceptors (Lipinski definition) is 2. The zero-order chi connectivity index (χ0) is 17.6. The zero-order valence-electron chi connectivity index (χ0n) is 13.9. The molecule has 1 aliphatic rings. The molecule has 3 rings (SSSR count). The second-order valence-corrected chi connectivity index (χ2v) is 6.90. The van der Waals surface area contributed by atoms with Crippen LogP contribution >= 0.6 is 23.8 Å². The van der Waals surface area contributed by atoms with Gasteiger partial charge in [-0.25, -0.2) is 4.39 Å². The Morgan fingerprint density at radius 3 is 2.44 bits per heavy atom. The maximum Gasteiger partial charge on any atom is 0.169 e. The van der Waals surface area contributed by atoms with Crippen LogP contribution in [0.1, 0.15) is 11.1 Å². The molecule has 1 heterocycles. The molecule has 0 aliphatic carbocycles. The highest BCUT2D eigenvalue weighted by Crippen LogP contribution is 2.21. The summed E-state index contributed by atoms with van der Waals surface area (Å²) in [7, 11) is 0. The molecule has 2 aromatic carbocycles. The first-order valence-electron chi connectivity index (χ1n) is 8.35. The van der Waals surface area contributed by atoms with Crippen LogP contribution in [0, 0.1) is 5.82 Å². The van der Waals surface area contributed by atoms with Gasteiger partial charge in [0.1, 0.15) is 5.82 Å². The van der Waals surface area contributed by atoms with E-state index < -0.39 is 0 Å². The minimum Gasteiger partial charge on any atom is -0.358 e. The van der Waals surface area contributed by atoms with Crippen LogP contribution in [0.25, 0.3) is 0 Å². The smallest absolute Gasteiger partial charge is 0.169 e. The first kappa shape index (κ1) is 18.1. The van der Waals surface area contributed by atoms with Crippen LogP contribution < -0.4 is 5.32 Å². The molecule has 1 fully saturated rings. The molecular formula is C19H21ClFN3S. The molecule has 1 N–H and O–H groups in total. The molecule has 0 amide bonds. The highest BCUT2D eigenvalue weighted by molar-refractivity contribution is 7.80. The van der Waals surface area contributed by atoms with E-state index in [2.05, 4.69) is 27.2 Å². The average Bonchev–Trinajstić information content (AvgIpc) is 2.64. The number of thiocarbonyl (C=S) groups is 1. The van der Waals surface area contributed by atoms with Crippen LogP contribution in [0.2, 0.25) is 5.02 Å². The van der Waals surface area contributed by atoms with E-state index in [9.17, 15) is 4.39 Å². The number of piperazine rings is 1. The molecule has 0 radical (unpaired) electrons. The molecule has 1 aliphatic heterocycles. The monoisotopic (exact) mass is 377 g/mol. The van der Waals surface area contributed by atoms with Gasteiger partial charge < -0.3 is 10.2 Å². The van der Waals surface area contributed by atoms with E-state index in [4.69, 9.17) is 23.8 Å². The minimum absolute atomic E-state index is 0.241. The quantitative estimate of drug-likeness (QED) is 0.819. The summed E-state index contributed by atoms with van der Waals surface area (Å²) in [5.41, 5.74) is 1.78. The van der Waals surface area contributed by atoms with Crippen molar-refractivity contribution >= 4 is 28.9 Å². The van der Waals surface area contributed by atoms with E-state index in [0.29, 0.717) is 17.1 Å². The molecule has 0 aromatic heterocycles. The van der Waals surface area contributed by atoms with Crippen molar-refractivity contribution in [3.8, 4) is 0 Å². The Kier molecular flexibility index (Phi) is 6.24. The topological polar surface area (TPSA) is 18.5 Å². The molecule has 0 bridgehead atoms. The molecule has 0 spiro atoms. The third-order valence-electron chi connectivity index (χ3n) is 4.39. The lowest BCUT2D eigenvalue weighted by atomic mass is 10.2. The second kappa shape index (κ2) is 8.61. The van der Waals surface area contributed by atoms with Gasteiger partial charge in [-0.15, -0.1) is 0 Å². The number of benzene rings is 2. The van der Waals surface area contributed by atoms with Gasteiger partial charge in [0.05, 0.1) is 0 Å². The predicted molar refractivity (Wildman–Crippen MR) is 104 cm³/mol. The number of nitrogens with zero attached hydrogens (tertiary/aromatic N) is 2. The molecule has 0 saturated carbocycles. The van der Waals surface area contributed by atoms with Crippen LogP contribution in [0.5, 0.6) is 0 Å². The van der Waals surface area contributed by atoms with Crippen molar-refractivity contribution in [2.24, 2.45) is 0 Å². The van der Waals surface area contributed by atoms with Gasteiger partial charge in [0, 0.05) is 49.9 Å². The maximum absolute atomic E-state index is 13.9. The fourth-order valence-electron chi connectivity index (χ4n) is 2.90.